The summed E-state index contributed by atoms with van der Waals surface area (Å²) >= 11 is 0. The Balaban J connectivity index is 2.51. The fourth-order valence-electron chi connectivity index (χ4n) is 2.03. The van der Waals surface area contributed by atoms with Crippen LogP contribution in [-0.2, 0) is 11.2 Å². The van der Waals surface area contributed by atoms with E-state index in [0.29, 0.717) is 6.42 Å². The van der Waals surface area contributed by atoms with E-state index < -0.39 is 0 Å². The predicted molar refractivity (Wildman–Crippen MR) is 59.0 cm³/mol. The van der Waals surface area contributed by atoms with Gasteiger partial charge in [-0.1, -0.05) is 24.6 Å². The van der Waals surface area contributed by atoms with Crippen molar-refractivity contribution in [2.75, 3.05) is 11.9 Å². The van der Waals surface area contributed by atoms with Crippen LogP contribution in [0.25, 0.3) is 0 Å². The lowest BCUT2D eigenvalue weighted by atomic mass is 9.95. The third-order valence-electron chi connectivity index (χ3n) is 2.82. The average molecular weight is 205 g/mol. The van der Waals surface area contributed by atoms with Gasteiger partial charge in [0.2, 0.25) is 5.91 Å². The van der Waals surface area contributed by atoms with Crippen molar-refractivity contribution in [3.8, 4) is 0 Å². The zero-order valence-electron chi connectivity index (χ0n) is 9.00. The van der Waals surface area contributed by atoms with Gasteiger partial charge in [0.15, 0.2) is 0 Å². The molecule has 1 unspecified atom stereocenters. The van der Waals surface area contributed by atoms with Gasteiger partial charge in [0.05, 0.1) is 6.42 Å². The molecule has 3 nitrogen and oxygen atoms in total. The Kier molecular flexibility index (Phi) is 2.49. The fraction of sp³-hybridized carbons (Fsp3) is 0.417. The number of benzene rings is 1. The topological polar surface area (TPSA) is 49.3 Å². The van der Waals surface area contributed by atoms with Crippen LogP contribution in [0.3, 0.4) is 0 Å². The Hall–Kier alpha value is -1.35. The molecule has 0 saturated carbocycles. The largest absolute Gasteiger partial charge is 0.396 e. The van der Waals surface area contributed by atoms with Gasteiger partial charge >= 0.3 is 0 Å². The van der Waals surface area contributed by atoms with Gasteiger partial charge in [-0.3, -0.25) is 4.79 Å². The summed E-state index contributed by atoms with van der Waals surface area (Å²) in [5.74, 6) is 0.110. The van der Waals surface area contributed by atoms with Crippen molar-refractivity contribution in [2.24, 2.45) is 0 Å². The number of hydrogen-bond donors (Lipinski definition) is 2. The smallest absolute Gasteiger partial charge is 0.228 e. The number of fused-ring (bicyclic) bond motifs is 1. The normalized spacial score (nSPS) is 16.1. The molecule has 15 heavy (non-hydrogen) atoms. The lowest BCUT2D eigenvalue weighted by Crippen LogP contribution is -2.07. The van der Waals surface area contributed by atoms with Crippen LogP contribution >= 0.6 is 0 Å². The SMILES string of the molecule is Cc1cc2c(c(C(C)CO)c1)NC(=O)C2. The highest BCUT2D eigenvalue weighted by Crippen LogP contribution is 2.33. The first kappa shape index (κ1) is 10.2. The quantitative estimate of drug-likeness (QED) is 0.770. The van der Waals surface area contributed by atoms with Gasteiger partial charge in [-0.05, 0) is 18.1 Å². The molecular weight excluding hydrogens is 190 g/mol. The van der Waals surface area contributed by atoms with Crippen molar-refractivity contribution in [1.29, 1.82) is 0 Å². The molecule has 0 fully saturated rings. The molecule has 0 bridgehead atoms. The molecule has 80 valence electrons. The standard InChI is InChI=1S/C12H15NO2/c1-7-3-9-5-11(15)13-12(9)10(4-7)8(2)6-14/h3-4,8,14H,5-6H2,1-2H3,(H,13,15). The van der Waals surface area contributed by atoms with Crippen LogP contribution in [0.1, 0.15) is 29.5 Å². The number of nitrogens with one attached hydrogen (secondary N) is 1. The summed E-state index contributed by atoms with van der Waals surface area (Å²) in [7, 11) is 0. The minimum atomic E-state index is 0.0435. The summed E-state index contributed by atoms with van der Waals surface area (Å²) in [6.07, 6.45) is 0.460. The average Bonchev–Trinajstić information content (AvgIpc) is 2.55. The molecule has 0 aliphatic carbocycles. The van der Waals surface area contributed by atoms with E-state index in [1.165, 1.54) is 0 Å². The second kappa shape index (κ2) is 3.66. The molecule has 2 N–H and O–H groups in total. The lowest BCUT2D eigenvalue weighted by Gasteiger charge is -2.14. The van der Waals surface area contributed by atoms with Crippen LogP contribution < -0.4 is 5.32 Å². The minimum absolute atomic E-state index is 0.0435. The van der Waals surface area contributed by atoms with Crippen LogP contribution in [0, 0.1) is 6.92 Å². The Morgan fingerprint density at radius 2 is 2.27 bits per heavy atom. The van der Waals surface area contributed by atoms with E-state index in [1.54, 1.807) is 0 Å². The Labute approximate surface area is 89.1 Å². The van der Waals surface area contributed by atoms with E-state index in [4.69, 9.17) is 5.11 Å². The van der Waals surface area contributed by atoms with E-state index in [1.807, 2.05) is 26.0 Å². The van der Waals surface area contributed by atoms with Gasteiger partial charge < -0.3 is 10.4 Å². The monoisotopic (exact) mass is 205 g/mol. The minimum Gasteiger partial charge on any atom is -0.396 e. The van der Waals surface area contributed by atoms with Crippen molar-refractivity contribution in [1.82, 2.24) is 0 Å². The maximum atomic E-state index is 11.3. The van der Waals surface area contributed by atoms with Gasteiger partial charge in [0.1, 0.15) is 0 Å². The molecule has 1 heterocycles. The zero-order valence-corrected chi connectivity index (χ0v) is 9.00. The van der Waals surface area contributed by atoms with Gasteiger partial charge in [-0.25, -0.2) is 0 Å². The summed E-state index contributed by atoms with van der Waals surface area (Å²) in [5.41, 5.74) is 4.14. The number of rotatable bonds is 2. The van der Waals surface area contributed by atoms with Gasteiger partial charge in [0.25, 0.3) is 0 Å². The summed E-state index contributed by atoms with van der Waals surface area (Å²) in [6.45, 7) is 4.07. The van der Waals surface area contributed by atoms with Crippen molar-refractivity contribution in [2.45, 2.75) is 26.2 Å². The predicted octanol–water partition coefficient (Wildman–Crippen LogP) is 1.59. The molecule has 1 aliphatic rings. The summed E-state index contributed by atoms with van der Waals surface area (Å²) < 4.78 is 0. The molecule has 0 radical (unpaired) electrons. The summed E-state index contributed by atoms with van der Waals surface area (Å²) in [4.78, 5) is 11.3. The number of anilines is 1. The third kappa shape index (κ3) is 1.75. The molecule has 0 aromatic heterocycles. The van der Waals surface area contributed by atoms with Gasteiger partial charge in [-0.2, -0.15) is 0 Å². The third-order valence-corrected chi connectivity index (χ3v) is 2.82. The zero-order chi connectivity index (χ0) is 11.0. The van der Waals surface area contributed by atoms with Crippen molar-refractivity contribution < 1.29 is 9.90 Å². The second-order valence-corrected chi connectivity index (χ2v) is 4.20. The van der Waals surface area contributed by atoms with E-state index in [9.17, 15) is 4.79 Å². The van der Waals surface area contributed by atoms with Crippen LogP contribution in [0.15, 0.2) is 12.1 Å². The first-order chi connectivity index (χ1) is 7.11. The molecule has 1 amide bonds. The van der Waals surface area contributed by atoms with E-state index in [0.717, 1.165) is 22.4 Å². The maximum absolute atomic E-state index is 11.3. The molecule has 1 aliphatic heterocycles. The van der Waals surface area contributed by atoms with Crippen molar-refractivity contribution >= 4 is 11.6 Å². The molecule has 1 aromatic carbocycles. The molecule has 1 atom stereocenters. The second-order valence-electron chi connectivity index (χ2n) is 4.20. The highest BCUT2D eigenvalue weighted by molar-refractivity contribution is 6.00. The molecule has 0 spiro atoms. The van der Waals surface area contributed by atoms with Crippen LogP contribution in [0.5, 0.6) is 0 Å². The molecule has 2 rings (SSSR count). The number of aliphatic hydroxyl groups excluding tert-OH is 1. The number of hydrogen-bond acceptors (Lipinski definition) is 2. The lowest BCUT2D eigenvalue weighted by molar-refractivity contribution is -0.115. The first-order valence-corrected chi connectivity index (χ1v) is 5.16. The summed E-state index contributed by atoms with van der Waals surface area (Å²) in [6, 6.07) is 4.06. The molecule has 0 saturated heterocycles. The number of carbonyl (C=O) groups is 1. The number of aliphatic hydroxyl groups is 1. The maximum Gasteiger partial charge on any atom is 0.228 e. The van der Waals surface area contributed by atoms with Crippen molar-refractivity contribution in [3.05, 3.63) is 28.8 Å². The van der Waals surface area contributed by atoms with Crippen LogP contribution in [0.4, 0.5) is 5.69 Å². The van der Waals surface area contributed by atoms with Crippen LogP contribution in [-0.4, -0.2) is 17.6 Å². The highest BCUT2D eigenvalue weighted by Gasteiger charge is 2.23. The van der Waals surface area contributed by atoms with E-state index >= 15 is 0 Å². The number of amides is 1. The Morgan fingerprint density at radius 3 is 2.93 bits per heavy atom. The number of aryl methyl sites for hydroxylation is 1. The van der Waals surface area contributed by atoms with Crippen molar-refractivity contribution in [3.63, 3.8) is 0 Å². The van der Waals surface area contributed by atoms with Crippen LogP contribution in [0.2, 0.25) is 0 Å². The Morgan fingerprint density at radius 1 is 1.53 bits per heavy atom. The molecular formula is C12H15NO2. The van der Waals surface area contributed by atoms with Gasteiger partial charge in [-0.15, -0.1) is 0 Å². The first-order valence-electron chi connectivity index (χ1n) is 5.16. The fourth-order valence-corrected chi connectivity index (χ4v) is 2.03. The Bertz CT molecular complexity index is 412. The summed E-state index contributed by atoms with van der Waals surface area (Å²) in [5, 5.41) is 12.0. The molecule has 1 aromatic rings. The van der Waals surface area contributed by atoms with E-state index in [-0.39, 0.29) is 18.4 Å². The number of carbonyl (C=O) groups excluding carboxylic acids is 1. The van der Waals surface area contributed by atoms with Gasteiger partial charge in [0, 0.05) is 18.2 Å². The van der Waals surface area contributed by atoms with E-state index in [2.05, 4.69) is 5.32 Å². The highest BCUT2D eigenvalue weighted by atomic mass is 16.3. The molecule has 3 heteroatoms.